The number of thiophene rings is 1. The number of halogens is 3. The average molecular weight is 426 g/mol. The van der Waals surface area contributed by atoms with Crippen molar-refractivity contribution in [1.29, 1.82) is 0 Å². The number of alkyl halides is 3. The Balaban J connectivity index is 1.73. The van der Waals surface area contributed by atoms with Gasteiger partial charge in [0.15, 0.2) is 0 Å². The zero-order valence-corrected chi connectivity index (χ0v) is 16.8. The molecule has 4 aromatic rings. The fourth-order valence-corrected chi connectivity index (χ4v) is 4.74. The molecule has 0 aliphatic carbocycles. The van der Waals surface area contributed by atoms with E-state index in [1.165, 1.54) is 23.5 Å². The second kappa shape index (κ2) is 7.61. The summed E-state index contributed by atoms with van der Waals surface area (Å²) in [6.07, 6.45) is -3.96. The lowest BCUT2D eigenvalue weighted by Crippen LogP contribution is -2.05. The number of carboxylic acid groups (broad SMARTS) is 1. The summed E-state index contributed by atoms with van der Waals surface area (Å²) in [5, 5.41) is 10.4. The third-order valence-corrected chi connectivity index (χ3v) is 6.19. The van der Waals surface area contributed by atoms with Crippen molar-refractivity contribution in [3.05, 3.63) is 93.9 Å². The number of fused-ring (bicyclic) bond motifs is 1. The smallest absolute Gasteiger partial charge is 0.416 e. The summed E-state index contributed by atoms with van der Waals surface area (Å²) in [6, 6.07) is 18.5. The van der Waals surface area contributed by atoms with E-state index in [0.717, 1.165) is 32.2 Å². The molecule has 0 spiro atoms. The first-order valence-electron chi connectivity index (χ1n) is 9.24. The van der Waals surface area contributed by atoms with Crippen LogP contribution in [0.2, 0.25) is 0 Å². The molecule has 2 nitrogen and oxygen atoms in total. The summed E-state index contributed by atoms with van der Waals surface area (Å²) in [5.41, 5.74) is 2.61. The molecule has 0 atom stereocenters. The lowest BCUT2D eigenvalue weighted by atomic mass is 9.99. The van der Waals surface area contributed by atoms with E-state index in [2.05, 4.69) is 0 Å². The van der Waals surface area contributed by atoms with Gasteiger partial charge in [-0.15, -0.1) is 11.3 Å². The first-order valence-corrected chi connectivity index (χ1v) is 10.1. The van der Waals surface area contributed by atoms with Crippen LogP contribution in [-0.2, 0) is 12.6 Å². The van der Waals surface area contributed by atoms with Crippen LogP contribution in [-0.4, -0.2) is 11.1 Å². The molecule has 1 aromatic heterocycles. The molecule has 0 aliphatic rings. The van der Waals surface area contributed by atoms with Crippen molar-refractivity contribution in [2.75, 3.05) is 0 Å². The Morgan fingerprint density at radius 1 is 1.00 bits per heavy atom. The molecule has 0 radical (unpaired) electrons. The number of rotatable bonds is 4. The maximum Gasteiger partial charge on any atom is 0.416 e. The van der Waals surface area contributed by atoms with E-state index in [-0.39, 0.29) is 5.56 Å². The molecule has 0 aliphatic heterocycles. The number of aryl methyl sites for hydroxylation is 1. The Hall–Kier alpha value is -3.12. The normalized spacial score (nSPS) is 11.7. The standard InChI is InChI=1S/C24H17F3O2S/c1-14-8-9-16(13-21(14)23(28)29)20-7-3-5-17-12-19(30-22(17)20)11-15-4-2-6-18(10-15)24(25,26)27/h2-10,12-13H,11H2,1H3,(H,28,29). The highest BCUT2D eigenvalue weighted by atomic mass is 32.1. The van der Waals surface area contributed by atoms with Gasteiger partial charge in [0.05, 0.1) is 11.1 Å². The zero-order chi connectivity index (χ0) is 21.5. The molecular formula is C24H17F3O2S. The van der Waals surface area contributed by atoms with E-state index in [0.29, 0.717) is 17.5 Å². The lowest BCUT2D eigenvalue weighted by Gasteiger charge is -2.08. The maximum atomic E-state index is 13.0. The molecule has 0 bridgehead atoms. The quantitative estimate of drug-likeness (QED) is 0.375. The van der Waals surface area contributed by atoms with Crippen molar-refractivity contribution in [2.45, 2.75) is 19.5 Å². The minimum atomic E-state index is -4.36. The van der Waals surface area contributed by atoms with Crippen LogP contribution in [0.4, 0.5) is 13.2 Å². The van der Waals surface area contributed by atoms with E-state index in [1.807, 2.05) is 30.3 Å². The zero-order valence-electron chi connectivity index (χ0n) is 16.0. The van der Waals surface area contributed by atoms with Crippen molar-refractivity contribution in [1.82, 2.24) is 0 Å². The third kappa shape index (κ3) is 3.96. The highest BCUT2D eigenvalue weighted by molar-refractivity contribution is 7.19. The molecule has 0 amide bonds. The highest BCUT2D eigenvalue weighted by Gasteiger charge is 2.30. The number of hydrogen-bond donors (Lipinski definition) is 1. The summed E-state index contributed by atoms with van der Waals surface area (Å²) in [7, 11) is 0. The molecule has 3 aromatic carbocycles. The maximum absolute atomic E-state index is 13.0. The van der Waals surface area contributed by atoms with Crippen LogP contribution < -0.4 is 0 Å². The summed E-state index contributed by atoms with van der Waals surface area (Å²) in [4.78, 5) is 12.4. The lowest BCUT2D eigenvalue weighted by molar-refractivity contribution is -0.137. The predicted octanol–water partition coefficient (Wildman–Crippen LogP) is 7.18. The van der Waals surface area contributed by atoms with E-state index >= 15 is 0 Å². The molecule has 0 saturated heterocycles. The van der Waals surface area contributed by atoms with Gasteiger partial charge in [-0.1, -0.05) is 48.5 Å². The highest BCUT2D eigenvalue weighted by Crippen LogP contribution is 2.37. The van der Waals surface area contributed by atoms with E-state index in [1.54, 1.807) is 25.1 Å². The summed E-state index contributed by atoms with van der Waals surface area (Å²) < 4.78 is 40.0. The molecule has 1 N–H and O–H groups in total. The van der Waals surface area contributed by atoms with Gasteiger partial charge in [-0.25, -0.2) is 4.79 Å². The Labute approximate surface area is 175 Å². The van der Waals surface area contributed by atoms with Crippen molar-refractivity contribution < 1.29 is 23.1 Å². The van der Waals surface area contributed by atoms with Crippen LogP contribution >= 0.6 is 11.3 Å². The van der Waals surface area contributed by atoms with Gasteiger partial charge in [0, 0.05) is 16.0 Å². The van der Waals surface area contributed by atoms with Gasteiger partial charge in [-0.05, 0) is 52.8 Å². The van der Waals surface area contributed by atoms with Gasteiger partial charge >= 0.3 is 12.1 Å². The van der Waals surface area contributed by atoms with Crippen LogP contribution in [0.15, 0.2) is 66.7 Å². The monoisotopic (exact) mass is 426 g/mol. The largest absolute Gasteiger partial charge is 0.478 e. The molecule has 0 fully saturated rings. The minimum absolute atomic E-state index is 0.255. The van der Waals surface area contributed by atoms with E-state index in [9.17, 15) is 23.1 Å². The topological polar surface area (TPSA) is 37.3 Å². The number of carboxylic acids is 1. The van der Waals surface area contributed by atoms with Gasteiger partial charge in [-0.2, -0.15) is 13.2 Å². The van der Waals surface area contributed by atoms with Crippen LogP contribution in [0.1, 0.15) is 31.9 Å². The van der Waals surface area contributed by atoms with Gasteiger partial charge in [0.2, 0.25) is 0 Å². The Kier molecular flexibility index (Phi) is 5.12. The van der Waals surface area contributed by atoms with Crippen molar-refractivity contribution in [3.8, 4) is 11.1 Å². The molecular weight excluding hydrogens is 409 g/mol. The molecule has 4 rings (SSSR count). The first-order chi connectivity index (χ1) is 14.2. The van der Waals surface area contributed by atoms with Crippen molar-refractivity contribution in [2.24, 2.45) is 0 Å². The predicted molar refractivity (Wildman–Crippen MR) is 113 cm³/mol. The molecule has 1 heterocycles. The van der Waals surface area contributed by atoms with Gasteiger partial charge in [0.25, 0.3) is 0 Å². The Bertz CT molecular complexity index is 1260. The van der Waals surface area contributed by atoms with E-state index in [4.69, 9.17) is 0 Å². The van der Waals surface area contributed by atoms with Gasteiger partial charge < -0.3 is 5.11 Å². The Morgan fingerprint density at radius 3 is 2.50 bits per heavy atom. The second-order valence-corrected chi connectivity index (χ2v) is 8.28. The Morgan fingerprint density at radius 2 is 1.77 bits per heavy atom. The number of aromatic carboxylic acids is 1. The molecule has 0 unspecified atom stereocenters. The van der Waals surface area contributed by atoms with Crippen LogP contribution in [0, 0.1) is 6.92 Å². The molecule has 0 saturated carbocycles. The number of hydrogen-bond acceptors (Lipinski definition) is 2. The molecule has 6 heteroatoms. The fraction of sp³-hybridized carbons (Fsp3) is 0.125. The fourth-order valence-electron chi connectivity index (χ4n) is 3.51. The average Bonchev–Trinajstić information content (AvgIpc) is 3.10. The van der Waals surface area contributed by atoms with Gasteiger partial charge in [-0.3, -0.25) is 0 Å². The number of carbonyl (C=O) groups is 1. The first kappa shape index (κ1) is 20.2. The SMILES string of the molecule is Cc1ccc(-c2cccc3cc(Cc4cccc(C(F)(F)F)c4)sc23)cc1C(=O)O. The molecule has 152 valence electrons. The minimum Gasteiger partial charge on any atom is -0.478 e. The van der Waals surface area contributed by atoms with Gasteiger partial charge in [0.1, 0.15) is 0 Å². The summed E-state index contributed by atoms with van der Waals surface area (Å²) in [6.45, 7) is 1.76. The van der Waals surface area contributed by atoms with Crippen LogP contribution in [0.5, 0.6) is 0 Å². The van der Waals surface area contributed by atoms with E-state index < -0.39 is 17.7 Å². The summed E-state index contributed by atoms with van der Waals surface area (Å²) in [5.74, 6) is -0.974. The van der Waals surface area contributed by atoms with Crippen molar-refractivity contribution >= 4 is 27.4 Å². The summed E-state index contributed by atoms with van der Waals surface area (Å²) >= 11 is 1.52. The van der Waals surface area contributed by atoms with Crippen LogP contribution in [0.3, 0.4) is 0 Å². The van der Waals surface area contributed by atoms with Crippen molar-refractivity contribution in [3.63, 3.8) is 0 Å². The number of benzene rings is 3. The second-order valence-electron chi connectivity index (χ2n) is 7.15. The third-order valence-electron chi connectivity index (χ3n) is 5.01. The molecule has 30 heavy (non-hydrogen) atoms. The van der Waals surface area contributed by atoms with Crippen LogP contribution in [0.25, 0.3) is 21.2 Å².